The van der Waals surface area contributed by atoms with Gasteiger partial charge in [-0.15, -0.1) is 0 Å². The van der Waals surface area contributed by atoms with Crippen LogP contribution in [0.3, 0.4) is 0 Å². The van der Waals surface area contributed by atoms with Crippen molar-refractivity contribution in [1.29, 1.82) is 0 Å². The number of anilines is 5. The second-order valence-corrected chi connectivity index (χ2v) is 21.4. The number of rotatable bonds is 12. The number of para-hydroxylation sites is 1. The first-order valence-corrected chi connectivity index (χ1v) is 24.6. The van der Waals surface area contributed by atoms with Crippen molar-refractivity contribution < 1.29 is 28.4 Å². The van der Waals surface area contributed by atoms with E-state index >= 15 is 0 Å². The van der Waals surface area contributed by atoms with E-state index < -0.39 is 19.1 Å². The largest absolute Gasteiger partial charge is 0.494 e. The Labute approximate surface area is 367 Å². The average Bonchev–Trinajstić information content (AvgIpc) is 3.84. The molecule has 5 aliphatic rings. The van der Waals surface area contributed by atoms with Gasteiger partial charge < -0.3 is 34.5 Å². The molecule has 62 heavy (non-hydrogen) atoms. The van der Waals surface area contributed by atoms with E-state index in [2.05, 4.69) is 49.8 Å². The summed E-state index contributed by atoms with van der Waals surface area (Å²) in [7, 11) is -0.887. The van der Waals surface area contributed by atoms with Crippen LogP contribution < -0.4 is 35.6 Å². The van der Waals surface area contributed by atoms with Crippen molar-refractivity contribution in [2.45, 2.75) is 83.0 Å². The highest BCUT2D eigenvalue weighted by molar-refractivity contribution is 7.70. The third-order valence-electron chi connectivity index (χ3n) is 13.5. The third-order valence-corrected chi connectivity index (χ3v) is 15.3. The van der Waals surface area contributed by atoms with Crippen LogP contribution in [0.4, 0.5) is 28.8 Å². The van der Waals surface area contributed by atoms with Crippen molar-refractivity contribution in [3.63, 3.8) is 0 Å². The number of amides is 3. The molecular weight excluding hydrogens is 827 g/mol. The van der Waals surface area contributed by atoms with Gasteiger partial charge >= 0.3 is 0 Å². The lowest BCUT2D eigenvalue weighted by atomic mass is 9.66. The number of hydrogen-bond donors (Lipinski definition) is 3. The lowest BCUT2D eigenvalue weighted by Gasteiger charge is -2.46. The number of aromatic nitrogens is 2. The molecule has 3 aromatic carbocycles. The standard InChI is InChI=1S/C46H54ClN8O6P/c1-5-28-21-35(50-45-48-25-33(47)42(52-45)49-34-10-6-7-12-40(34)62(3,4)59)39(60-2)22-37(28)53-18-15-29(16-19-53)54-20-17-46(27-54)23-30(24-46)61-38-11-8-9-31-32(38)26-55(44(31)58)36-13-14-41(56)51-43(36)57/h6-12,21-22,25,29-30,36H,5,13-20,23-24,26-27H2,1-4H3,(H,51,56,57)(H2,48,49,50,52). The number of methoxy groups -OCH3 is 1. The fraction of sp³-hybridized carbons (Fsp3) is 0.457. The number of nitrogens with zero attached hydrogens (tertiary/aromatic N) is 5. The van der Waals surface area contributed by atoms with E-state index in [4.69, 9.17) is 26.1 Å². The number of imide groups is 1. The van der Waals surface area contributed by atoms with E-state index in [-0.39, 0.29) is 29.8 Å². The molecule has 0 radical (unpaired) electrons. The summed E-state index contributed by atoms with van der Waals surface area (Å²) >= 11 is 6.54. The maximum absolute atomic E-state index is 13.3. The van der Waals surface area contributed by atoms with Gasteiger partial charge in [-0.1, -0.05) is 36.7 Å². The lowest BCUT2D eigenvalue weighted by molar-refractivity contribution is -0.136. The molecule has 1 unspecified atom stereocenters. The predicted octanol–water partition coefficient (Wildman–Crippen LogP) is 7.10. The number of nitrogens with one attached hydrogen (secondary N) is 3. The molecule has 5 heterocycles. The lowest BCUT2D eigenvalue weighted by Crippen LogP contribution is -2.52. The van der Waals surface area contributed by atoms with Crippen LogP contribution in [0.15, 0.2) is 60.8 Å². The number of likely N-dealkylation sites (tertiary alicyclic amines) is 1. The van der Waals surface area contributed by atoms with Gasteiger partial charge in [0.05, 0.1) is 37.3 Å². The summed E-state index contributed by atoms with van der Waals surface area (Å²) in [4.78, 5) is 53.6. The minimum Gasteiger partial charge on any atom is -0.494 e. The Hall–Kier alpha value is -5.17. The average molecular weight is 881 g/mol. The number of benzene rings is 3. The van der Waals surface area contributed by atoms with Gasteiger partial charge in [0, 0.05) is 60.3 Å². The predicted molar refractivity (Wildman–Crippen MR) is 242 cm³/mol. The van der Waals surface area contributed by atoms with Crippen LogP contribution in [0.5, 0.6) is 11.5 Å². The van der Waals surface area contributed by atoms with Crippen LogP contribution in [0.25, 0.3) is 0 Å². The van der Waals surface area contributed by atoms with Crippen molar-refractivity contribution in [2.24, 2.45) is 5.41 Å². The highest BCUT2D eigenvalue weighted by Crippen LogP contribution is 2.51. The number of carbonyl (C=O) groups is 3. The molecular formula is C46H54ClN8O6P. The molecule has 3 N–H and O–H groups in total. The van der Waals surface area contributed by atoms with Gasteiger partial charge in [0.1, 0.15) is 29.7 Å². The van der Waals surface area contributed by atoms with Crippen LogP contribution in [-0.2, 0) is 27.1 Å². The third kappa shape index (κ3) is 8.24. The molecule has 3 amide bonds. The molecule has 0 bridgehead atoms. The van der Waals surface area contributed by atoms with Crippen LogP contribution in [0.1, 0.15) is 73.4 Å². The Morgan fingerprint density at radius 1 is 0.968 bits per heavy atom. The molecule has 1 atom stereocenters. The van der Waals surface area contributed by atoms with Crippen molar-refractivity contribution in [3.8, 4) is 11.5 Å². The maximum atomic E-state index is 13.3. The van der Waals surface area contributed by atoms with Crippen molar-refractivity contribution in [1.82, 2.24) is 25.1 Å². The van der Waals surface area contributed by atoms with E-state index in [9.17, 15) is 18.9 Å². The van der Waals surface area contributed by atoms with Gasteiger partial charge in [0.2, 0.25) is 17.8 Å². The SMILES string of the molecule is CCc1cc(Nc2ncc(Cl)c(Nc3ccccc3P(C)(C)=O)n2)c(OC)cc1N1CCC(N2CCC3(CC(Oc4cccc5c4CN(C4CCC(=O)NC4=O)C5=O)C3)C2)CC1. The van der Waals surface area contributed by atoms with Gasteiger partial charge in [0.25, 0.3) is 5.91 Å². The first kappa shape index (κ1) is 42.1. The second-order valence-electron chi connectivity index (χ2n) is 17.8. The number of ether oxygens (including phenoxy) is 2. The fourth-order valence-electron chi connectivity index (χ4n) is 10.2. The molecule has 4 fully saturated rings. The Morgan fingerprint density at radius 2 is 1.76 bits per heavy atom. The molecule has 4 aromatic rings. The minimum absolute atomic E-state index is 0.0915. The molecule has 1 saturated carbocycles. The molecule has 1 aromatic heterocycles. The van der Waals surface area contributed by atoms with Crippen molar-refractivity contribution in [3.05, 3.63) is 82.5 Å². The number of aryl methyl sites for hydroxylation is 1. The van der Waals surface area contributed by atoms with Gasteiger partial charge in [-0.05, 0) is 106 Å². The molecule has 14 nitrogen and oxygen atoms in total. The van der Waals surface area contributed by atoms with Gasteiger partial charge in [-0.3, -0.25) is 24.6 Å². The molecule has 4 aliphatic heterocycles. The van der Waals surface area contributed by atoms with E-state index in [1.54, 1.807) is 37.6 Å². The summed E-state index contributed by atoms with van der Waals surface area (Å²) in [5, 5.41) is 10.1. The topological polar surface area (TPSA) is 158 Å². The molecule has 3 saturated heterocycles. The molecule has 1 spiro atoms. The van der Waals surface area contributed by atoms with E-state index in [1.807, 2.05) is 36.4 Å². The van der Waals surface area contributed by atoms with Crippen molar-refractivity contribution >= 4 is 70.6 Å². The highest BCUT2D eigenvalue weighted by atomic mass is 35.5. The minimum atomic E-state index is -2.56. The van der Waals surface area contributed by atoms with Gasteiger partial charge in [-0.2, -0.15) is 4.98 Å². The number of halogens is 1. The van der Waals surface area contributed by atoms with Crippen LogP contribution in [0, 0.1) is 5.41 Å². The van der Waals surface area contributed by atoms with Gasteiger partial charge in [-0.25, -0.2) is 4.98 Å². The van der Waals surface area contributed by atoms with Crippen LogP contribution >= 0.6 is 18.7 Å². The number of hydrogen-bond acceptors (Lipinski definition) is 12. The Kier molecular flexibility index (Phi) is 11.4. The molecule has 16 heteroatoms. The Morgan fingerprint density at radius 3 is 2.50 bits per heavy atom. The molecule has 326 valence electrons. The Bertz CT molecular complexity index is 2470. The van der Waals surface area contributed by atoms with Gasteiger partial charge in [0.15, 0.2) is 5.82 Å². The number of piperidine rings is 2. The smallest absolute Gasteiger partial charge is 0.255 e. The number of carbonyl (C=O) groups excluding carboxylic acids is 3. The molecule has 9 rings (SSSR count). The first-order chi connectivity index (χ1) is 29.8. The highest BCUT2D eigenvalue weighted by Gasteiger charge is 2.51. The second kappa shape index (κ2) is 16.8. The van der Waals surface area contributed by atoms with E-state index in [1.165, 1.54) is 11.3 Å². The van der Waals surface area contributed by atoms with E-state index in [0.29, 0.717) is 52.8 Å². The van der Waals surface area contributed by atoms with Crippen molar-refractivity contribution in [2.75, 3.05) is 62.2 Å². The zero-order valence-electron chi connectivity index (χ0n) is 35.7. The van der Waals surface area contributed by atoms with Crippen LogP contribution in [0.2, 0.25) is 5.02 Å². The number of fused-ring (bicyclic) bond motifs is 1. The zero-order chi connectivity index (χ0) is 43.3. The normalized spacial score (nSPS) is 23.0. The summed E-state index contributed by atoms with van der Waals surface area (Å²) in [5.74, 6) is 1.30. The monoisotopic (exact) mass is 880 g/mol. The summed E-state index contributed by atoms with van der Waals surface area (Å²) in [6.45, 7) is 10.0. The summed E-state index contributed by atoms with van der Waals surface area (Å²) in [5.41, 5.74) is 5.50. The molecule has 1 aliphatic carbocycles. The zero-order valence-corrected chi connectivity index (χ0v) is 37.4. The maximum Gasteiger partial charge on any atom is 0.255 e. The quantitative estimate of drug-likeness (QED) is 0.0981. The summed E-state index contributed by atoms with van der Waals surface area (Å²) in [6, 6.07) is 17.2. The Balaban J connectivity index is 0.800. The summed E-state index contributed by atoms with van der Waals surface area (Å²) in [6.07, 6.45) is 8.35. The van der Waals surface area contributed by atoms with Crippen LogP contribution in [-0.4, -0.2) is 102 Å². The van der Waals surface area contributed by atoms with E-state index in [0.717, 1.165) is 87.0 Å². The first-order valence-electron chi connectivity index (χ1n) is 21.7. The summed E-state index contributed by atoms with van der Waals surface area (Å²) < 4.78 is 25.5. The fourth-order valence-corrected chi connectivity index (χ4v) is 11.5.